The molecule has 0 atom stereocenters. The first-order valence-corrected chi connectivity index (χ1v) is 8.67. The van der Waals surface area contributed by atoms with Crippen molar-refractivity contribution in [2.75, 3.05) is 5.75 Å². The molecule has 0 saturated carbocycles. The summed E-state index contributed by atoms with van der Waals surface area (Å²) in [6.45, 7) is 6.34. The van der Waals surface area contributed by atoms with Crippen molar-refractivity contribution >= 4 is 33.3 Å². The Hall–Kier alpha value is -1.51. The van der Waals surface area contributed by atoms with Crippen molar-refractivity contribution in [3.05, 3.63) is 32.9 Å². The second kappa shape index (κ2) is 5.70. The summed E-state index contributed by atoms with van der Waals surface area (Å²) in [6, 6.07) is 0. The third-order valence-corrected chi connectivity index (χ3v) is 5.57. The number of rotatable bonds is 4. The molecule has 1 aliphatic carbocycles. The first-order chi connectivity index (χ1) is 10.1. The molecular formula is C16H16N2OS2. The van der Waals surface area contributed by atoms with E-state index in [1.807, 2.05) is 6.92 Å². The minimum absolute atomic E-state index is 0.0573. The molecule has 0 fully saturated rings. The summed E-state index contributed by atoms with van der Waals surface area (Å²) in [5.74, 6) is 3.10. The first-order valence-electron chi connectivity index (χ1n) is 6.87. The number of allylic oxidation sites excluding steroid dienone is 1. The lowest BCUT2D eigenvalue weighted by Gasteiger charge is -2.11. The SMILES string of the molecule is C#CCSc1nc2sc3c(c2c(=O)n1CC(=C)C)CCC3. The van der Waals surface area contributed by atoms with Crippen molar-refractivity contribution in [3.8, 4) is 12.3 Å². The maximum atomic E-state index is 12.9. The van der Waals surface area contributed by atoms with E-state index >= 15 is 0 Å². The highest BCUT2D eigenvalue weighted by atomic mass is 32.2. The van der Waals surface area contributed by atoms with Crippen LogP contribution in [0.25, 0.3) is 10.2 Å². The van der Waals surface area contributed by atoms with E-state index in [4.69, 9.17) is 11.4 Å². The van der Waals surface area contributed by atoms with Crippen molar-refractivity contribution in [2.45, 2.75) is 37.9 Å². The van der Waals surface area contributed by atoms with Gasteiger partial charge in [-0.1, -0.05) is 29.8 Å². The lowest BCUT2D eigenvalue weighted by Crippen LogP contribution is -2.24. The van der Waals surface area contributed by atoms with Gasteiger partial charge in [-0.2, -0.15) is 0 Å². The van der Waals surface area contributed by atoms with Crippen molar-refractivity contribution in [1.29, 1.82) is 0 Å². The molecule has 2 aromatic heterocycles. The molecule has 0 unspecified atom stereocenters. The first kappa shape index (κ1) is 14.4. The normalized spacial score (nSPS) is 13.3. The fourth-order valence-electron chi connectivity index (χ4n) is 2.68. The van der Waals surface area contributed by atoms with Crippen LogP contribution in [0.2, 0.25) is 0 Å². The molecule has 2 aromatic rings. The van der Waals surface area contributed by atoms with Gasteiger partial charge in [0.25, 0.3) is 5.56 Å². The van der Waals surface area contributed by atoms with Gasteiger partial charge in [-0.3, -0.25) is 9.36 Å². The molecule has 108 valence electrons. The summed E-state index contributed by atoms with van der Waals surface area (Å²) < 4.78 is 1.72. The Morgan fingerprint density at radius 1 is 1.57 bits per heavy atom. The lowest BCUT2D eigenvalue weighted by molar-refractivity contribution is 0.652. The van der Waals surface area contributed by atoms with Crippen molar-refractivity contribution in [2.24, 2.45) is 0 Å². The highest BCUT2D eigenvalue weighted by molar-refractivity contribution is 7.99. The summed E-state index contributed by atoms with van der Waals surface area (Å²) in [7, 11) is 0. The van der Waals surface area contributed by atoms with E-state index in [0.717, 1.165) is 35.1 Å². The van der Waals surface area contributed by atoms with Gasteiger partial charge in [-0.05, 0) is 31.7 Å². The molecule has 21 heavy (non-hydrogen) atoms. The van der Waals surface area contributed by atoms with Crippen LogP contribution in [0, 0.1) is 12.3 Å². The Bertz CT molecular complexity index is 823. The third-order valence-electron chi connectivity index (χ3n) is 3.50. The molecule has 3 nitrogen and oxygen atoms in total. The van der Waals surface area contributed by atoms with E-state index in [1.165, 1.54) is 22.2 Å². The number of aromatic nitrogens is 2. The van der Waals surface area contributed by atoms with Crippen LogP contribution in [-0.4, -0.2) is 15.3 Å². The molecule has 0 bridgehead atoms. The fraction of sp³-hybridized carbons (Fsp3) is 0.375. The van der Waals surface area contributed by atoms with Crippen LogP contribution in [0.15, 0.2) is 22.1 Å². The van der Waals surface area contributed by atoms with Gasteiger partial charge in [-0.15, -0.1) is 17.8 Å². The van der Waals surface area contributed by atoms with Crippen molar-refractivity contribution in [3.63, 3.8) is 0 Å². The Morgan fingerprint density at radius 3 is 3.10 bits per heavy atom. The fourth-order valence-corrected chi connectivity index (χ4v) is 4.67. The summed E-state index contributed by atoms with van der Waals surface area (Å²) in [5, 5.41) is 1.52. The maximum Gasteiger partial charge on any atom is 0.263 e. The van der Waals surface area contributed by atoms with Crippen LogP contribution < -0.4 is 5.56 Å². The topological polar surface area (TPSA) is 34.9 Å². The van der Waals surface area contributed by atoms with Crippen LogP contribution in [0.1, 0.15) is 23.8 Å². The van der Waals surface area contributed by atoms with E-state index in [9.17, 15) is 4.79 Å². The molecule has 0 amide bonds. The summed E-state index contributed by atoms with van der Waals surface area (Å²) in [5.41, 5.74) is 2.21. The third kappa shape index (κ3) is 2.54. The van der Waals surface area contributed by atoms with Gasteiger partial charge in [0.2, 0.25) is 0 Å². The Balaban J connectivity index is 2.23. The number of hydrogen-bond acceptors (Lipinski definition) is 4. The highest BCUT2D eigenvalue weighted by Gasteiger charge is 2.23. The molecule has 0 N–H and O–H groups in total. The molecule has 0 spiro atoms. The Morgan fingerprint density at radius 2 is 2.38 bits per heavy atom. The van der Waals surface area contributed by atoms with E-state index in [1.54, 1.807) is 15.9 Å². The van der Waals surface area contributed by atoms with Crippen LogP contribution in [0.5, 0.6) is 0 Å². The average Bonchev–Trinajstić information content (AvgIpc) is 2.99. The lowest BCUT2D eigenvalue weighted by atomic mass is 10.2. The molecule has 1 aliphatic rings. The van der Waals surface area contributed by atoms with Gasteiger partial charge in [-0.25, -0.2) is 4.98 Å². The van der Waals surface area contributed by atoms with E-state index < -0.39 is 0 Å². The summed E-state index contributed by atoms with van der Waals surface area (Å²) in [6.07, 6.45) is 8.55. The molecule has 3 rings (SSSR count). The minimum Gasteiger partial charge on any atom is -0.283 e. The summed E-state index contributed by atoms with van der Waals surface area (Å²) >= 11 is 3.10. The number of aryl methyl sites for hydroxylation is 2. The Kier molecular flexibility index (Phi) is 3.92. The van der Waals surface area contributed by atoms with Gasteiger partial charge in [0.05, 0.1) is 11.1 Å². The molecule has 5 heteroatoms. The van der Waals surface area contributed by atoms with E-state index in [-0.39, 0.29) is 5.56 Å². The number of thioether (sulfide) groups is 1. The number of thiophene rings is 1. The van der Waals surface area contributed by atoms with Gasteiger partial charge in [0.15, 0.2) is 5.16 Å². The van der Waals surface area contributed by atoms with Gasteiger partial charge in [0, 0.05) is 11.4 Å². The van der Waals surface area contributed by atoms with Crippen molar-refractivity contribution in [1.82, 2.24) is 9.55 Å². The smallest absolute Gasteiger partial charge is 0.263 e. The van der Waals surface area contributed by atoms with Gasteiger partial charge < -0.3 is 0 Å². The minimum atomic E-state index is 0.0573. The molecule has 0 aromatic carbocycles. The zero-order chi connectivity index (χ0) is 15.0. The largest absolute Gasteiger partial charge is 0.283 e. The predicted octanol–water partition coefficient (Wildman–Crippen LogP) is 3.25. The Labute approximate surface area is 132 Å². The zero-order valence-corrected chi connectivity index (χ0v) is 13.6. The number of hydrogen-bond donors (Lipinski definition) is 0. The number of terminal acetylenes is 1. The maximum absolute atomic E-state index is 12.9. The monoisotopic (exact) mass is 316 g/mol. The number of fused-ring (bicyclic) bond motifs is 3. The standard InChI is InChI=1S/C16H16N2OS2/c1-4-8-20-16-17-14-13(11-6-5-7-12(11)21-14)15(19)18(16)9-10(2)3/h1H,2,5-9H2,3H3. The number of nitrogens with zero attached hydrogens (tertiary/aromatic N) is 2. The van der Waals surface area contributed by atoms with Crippen LogP contribution >= 0.6 is 23.1 Å². The molecule has 2 heterocycles. The average molecular weight is 316 g/mol. The molecule has 0 saturated heterocycles. The van der Waals surface area contributed by atoms with E-state index in [0.29, 0.717) is 17.5 Å². The quantitative estimate of drug-likeness (QED) is 0.376. The predicted molar refractivity (Wildman–Crippen MR) is 90.3 cm³/mol. The van der Waals surface area contributed by atoms with E-state index in [2.05, 4.69) is 12.5 Å². The highest BCUT2D eigenvalue weighted by Crippen LogP contribution is 2.35. The van der Waals surface area contributed by atoms with Gasteiger partial charge >= 0.3 is 0 Å². The molecular weight excluding hydrogens is 300 g/mol. The second-order valence-electron chi connectivity index (χ2n) is 5.27. The van der Waals surface area contributed by atoms with Crippen LogP contribution in [0.4, 0.5) is 0 Å². The second-order valence-corrected chi connectivity index (χ2v) is 7.30. The molecule has 0 aliphatic heterocycles. The van der Waals surface area contributed by atoms with Crippen LogP contribution in [0.3, 0.4) is 0 Å². The van der Waals surface area contributed by atoms with Crippen molar-refractivity contribution < 1.29 is 0 Å². The van der Waals surface area contributed by atoms with Crippen LogP contribution in [-0.2, 0) is 19.4 Å². The summed E-state index contributed by atoms with van der Waals surface area (Å²) in [4.78, 5) is 19.8. The molecule has 0 radical (unpaired) electrons. The van der Waals surface area contributed by atoms with Gasteiger partial charge in [0.1, 0.15) is 4.83 Å². The zero-order valence-electron chi connectivity index (χ0n) is 11.9.